The molecule has 0 aliphatic carbocycles. The van der Waals surface area contributed by atoms with Crippen LogP contribution in [0.4, 0.5) is 0 Å². The van der Waals surface area contributed by atoms with Crippen LogP contribution in [0.15, 0.2) is 48.9 Å². The molecule has 8 nitrogen and oxygen atoms in total. The van der Waals surface area contributed by atoms with Crippen LogP contribution in [0.25, 0.3) is 0 Å². The number of nitrogens with zero attached hydrogens (tertiary/aromatic N) is 2. The Morgan fingerprint density at radius 2 is 1.89 bits per heavy atom. The third-order valence-corrected chi connectivity index (χ3v) is 3.82. The summed E-state index contributed by atoms with van der Waals surface area (Å²) in [5.41, 5.74) is 0.989. The van der Waals surface area contributed by atoms with Gasteiger partial charge in [0.1, 0.15) is 11.7 Å². The second-order valence-electron chi connectivity index (χ2n) is 6.54. The molecule has 0 aliphatic rings. The molecule has 0 unspecified atom stereocenters. The smallest absolute Gasteiger partial charge is 0.272 e. The van der Waals surface area contributed by atoms with Gasteiger partial charge in [-0.05, 0) is 17.9 Å². The van der Waals surface area contributed by atoms with Gasteiger partial charge in [0.15, 0.2) is 6.23 Å². The van der Waals surface area contributed by atoms with E-state index < -0.39 is 24.1 Å². The molecule has 0 spiro atoms. The topological polar surface area (TPSA) is 113 Å². The molecule has 1 aromatic carbocycles. The fourth-order valence-corrected chi connectivity index (χ4v) is 2.52. The Bertz CT molecular complexity index is 725. The normalized spacial score (nSPS) is 13.0. The SMILES string of the molecule is CC(C)C[C@@H](NC(=O)[C@H](Cc1ccccc1)NC(=O)c1cnccn1)OO. The maximum absolute atomic E-state index is 12.7. The van der Waals surface area contributed by atoms with Crippen LogP contribution in [-0.2, 0) is 16.1 Å². The van der Waals surface area contributed by atoms with E-state index in [0.717, 1.165) is 5.56 Å². The second kappa shape index (κ2) is 10.3. The van der Waals surface area contributed by atoms with Gasteiger partial charge in [0, 0.05) is 18.8 Å². The number of hydrogen-bond acceptors (Lipinski definition) is 6. The molecular weight excluding hydrogens is 348 g/mol. The van der Waals surface area contributed by atoms with Crippen molar-refractivity contribution < 1.29 is 19.7 Å². The molecule has 0 aliphatic heterocycles. The fourth-order valence-electron chi connectivity index (χ4n) is 2.52. The van der Waals surface area contributed by atoms with Gasteiger partial charge in [0.25, 0.3) is 5.91 Å². The lowest BCUT2D eigenvalue weighted by Crippen LogP contribution is -2.51. The number of aromatic nitrogens is 2. The Morgan fingerprint density at radius 3 is 2.48 bits per heavy atom. The summed E-state index contributed by atoms with van der Waals surface area (Å²) in [6.45, 7) is 3.88. The fraction of sp³-hybridized carbons (Fsp3) is 0.368. The summed E-state index contributed by atoms with van der Waals surface area (Å²) in [5, 5.41) is 14.3. The van der Waals surface area contributed by atoms with Crippen LogP contribution in [0.3, 0.4) is 0 Å². The maximum Gasteiger partial charge on any atom is 0.272 e. The minimum atomic E-state index is -0.869. The minimum absolute atomic E-state index is 0.112. The van der Waals surface area contributed by atoms with Crippen molar-refractivity contribution >= 4 is 11.8 Å². The Balaban J connectivity index is 2.13. The van der Waals surface area contributed by atoms with E-state index >= 15 is 0 Å². The number of hydrogen-bond donors (Lipinski definition) is 3. The summed E-state index contributed by atoms with van der Waals surface area (Å²) in [6.07, 6.45) is 4.03. The predicted octanol–water partition coefficient (Wildman–Crippen LogP) is 1.80. The monoisotopic (exact) mass is 372 g/mol. The van der Waals surface area contributed by atoms with E-state index in [2.05, 4.69) is 25.5 Å². The van der Waals surface area contributed by atoms with Crippen molar-refractivity contribution in [2.24, 2.45) is 5.92 Å². The molecule has 0 bridgehead atoms. The number of carbonyl (C=O) groups excluding carboxylic acids is 2. The van der Waals surface area contributed by atoms with Gasteiger partial charge in [-0.2, -0.15) is 0 Å². The molecule has 0 radical (unpaired) electrons. The summed E-state index contributed by atoms with van der Waals surface area (Å²) in [4.78, 5) is 37.3. The van der Waals surface area contributed by atoms with Gasteiger partial charge in [0.2, 0.25) is 5.91 Å². The van der Waals surface area contributed by atoms with Crippen LogP contribution in [0.5, 0.6) is 0 Å². The second-order valence-corrected chi connectivity index (χ2v) is 6.54. The van der Waals surface area contributed by atoms with Gasteiger partial charge in [-0.3, -0.25) is 14.6 Å². The molecule has 27 heavy (non-hydrogen) atoms. The maximum atomic E-state index is 12.7. The summed E-state index contributed by atoms with van der Waals surface area (Å²) >= 11 is 0. The first-order valence-electron chi connectivity index (χ1n) is 8.71. The van der Waals surface area contributed by atoms with Gasteiger partial charge in [0.05, 0.1) is 6.20 Å². The lowest BCUT2D eigenvalue weighted by molar-refractivity contribution is -0.287. The predicted molar refractivity (Wildman–Crippen MR) is 98.5 cm³/mol. The first kappa shape index (κ1) is 20.5. The molecule has 1 aromatic heterocycles. The number of amides is 2. The Morgan fingerprint density at radius 1 is 1.15 bits per heavy atom. The van der Waals surface area contributed by atoms with Gasteiger partial charge in [-0.25, -0.2) is 15.1 Å². The highest BCUT2D eigenvalue weighted by atomic mass is 17.1. The van der Waals surface area contributed by atoms with Crippen molar-refractivity contribution in [1.82, 2.24) is 20.6 Å². The molecule has 0 saturated heterocycles. The lowest BCUT2D eigenvalue weighted by atomic mass is 10.0. The molecule has 2 rings (SSSR count). The molecule has 8 heteroatoms. The van der Waals surface area contributed by atoms with E-state index in [1.165, 1.54) is 18.6 Å². The average molecular weight is 372 g/mol. The molecule has 1 heterocycles. The largest absolute Gasteiger partial charge is 0.339 e. The first-order valence-corrected chi connectivity index (χ1v) is 8.71. The number of rotatable bonds is 9. The molecular formula is C19H24N4O4. The van der Waals surface area contributed by atoms with Crippen LogP contribution in [-0.4, -0.2) is 39.3 Å². The summed E-state index contributed by atoms with van der Waals surface area (Å²) in [7, 11) is 0. The van der Waals surface area contributed by atoms with Crippen molar-refractivity contribution in [2.45, 2.75) is 39.0 Å². The molecule has 144 valence electrons. The zero-order valence-corrected chi connectivity index (χ0v) is 15.3. The van der Waals surface area contributed by atoms with Crippen LogP contribution in [0.2, 0.25) is 0 Å². The van der Waals surface area contributed by atoms with Gasteiger partial charge >= 0.3 is 0 Å². The van der Waals surface area contributed by atoms with Crippen molar-refractivity contribution in [3.8, 4) is 0 Å². The standard InChI is InChI=1S/C19H24N4O4/c1-13(2)10-17(27-26)23-18(24)15(11-14-6-4-3-5-7-14)22-19(25)16-12-20-8-9-21-16/h3-9,12-13,15,17,26H,10-11H2,1-2H3,(H,22,25)(H,23,24)/t15-,17-/m0/s1. The molecule has 0 fully saturated rings. The zero-order valence-electron chi connectivity index (χ0n) is 15.3. The van der Waals surface area contributed by atoms with Gasteiger partial charge < -0.3 is 10.6 Å². The Kier molecular flexibility index (Phi) is 7.84. The van der Waals surface area contributed by atoms with Crippen LogP contribution >= 0.6 is 0 Å². The van der Waals surface area contributed by atoms with E-state index in [1.807, 2.05) is 44.2 Å². The van der Waals surface area contributed by atoms with Crippen molar-refractivity contribution in [3.05, 3.63) is 60.2 Å². The molecule has 2 aromatic rings. The van der Waals surface area contributed by atoms with Gasteiger partial charge in [-0.15, -0.1) is 0 Å². The summed E-state index contributed by atoms with van der Waals surface area (Å²) in [5.74, 6) is -0.774. The van der Waals surface area contributed by atoms with E-state index in [9.17, 15) is 9.59 Å². The van der Waals surface area contributed by atoms with Crippen molar-refractivity contribution in [3.63, 3.8) is 0 Å². The molecule has 2 amide bonds. The number of benzene rings is 1. The zero-order chi connectivity index (χ0) is 19.6. The summed E-state index contributed by atoms with van der Waals surface area (Å²) in [6, 6.07) is 8.44. The lowest BCUT2D eigenvalue weighted by Gasteiger charge is -2.22. The van der Waals surface area contributed by atoms with E-state index in [-0.39, 0.29) is 18.0 Å². The molecule has 0 saturated carbocycles. The first-order chi connectivity index (χ1) is 13.0. The molecule has 3 N–H and O–H groups in total. The highest BCUT2D eigenvalue weighted by Gasteiger charge is 2.25. The molecule has 2 atom stereocenters. The average Bonchev–Trinajstić information content (AvgIpc) is 2.68. The van der Waals surface area contributed by atoms with Crippen molar-refractivity contribution in [2.75, 3.05) is 0 Å². The minimum Gasteiger partial charge on any atom is -0.339 e. The highest BCUT2D eigenvalue weighted by molar-refractivity contribution is 5.96. The number of nitrogens with one attached hydrogen (secondary N) is 2. The Hall–Kier alpha value is -2.84. The third-order valence-electron chi connectivity index (χ3n) is 3.82. The van der Waals surface area contributed by atoms with E-state index in [4.69, 9.17) is 5.26 Å². The van der Waals surface area contributed by atoms with Crippen LogP contribution < -0.4 is 10.6 Å². The summed E-state index contributed by atoms with van der Waals surface area (Å²) < 4.78 is 0. The van der Waals surface area contributed by atoms with E-state index in [0.29, 0.717) is 6.42 Å². The number of carbonyl (C=O) groups is 2. The highest BCUT2D eigenvalue weighted by Crippen LogP contribution is 2.08. The van der Waals surface area contributed by atoms with Crippen LogP contribution in [0.1, 0.15) is 36.3 Å². The van der Waals surface area contributed by atoms with E-state index in [1.54, 1.807) is 0 Å². The van der Waals surface area contributed by atoms with Crippen LogP contribution in [0, 0.1) is 5.92 Å². The third kappa shape index (κ3) is 6.76. The van der Waals surface area contributed by atoms with Crippen molar-refractivity contribution in [1.29, 1.82) is 0 Å². The van der Waals surface area contributed by atoms with Gasteiger partial charge in [-0.1, -0.05) is 44.2 Å². The quantitative estimate of drug-likeness (QED) is 0.351. The Labute approximate surface area is 157 Å².